The number of nitrogens with one attached hydrogen (secondary N) is 1. The number of carbonyl (C=O) groups excluding carboxylic acids is 1. The van der Waals surface area contributed by atoms with Crippen molar-refractivity contribution in [2.45, 2.75) is 71.6 Å². The van der Waals surface area contributed by atoms with Gasteiger partial charge in [0.15, 0.2) is 0 Å². The van der Waals surface area contributed by atoms with Gasteiger partial charge in [-0.2, -0.15) is 0 Å². The van der Waals surface area contributed by atoms with E-state index in [2.05, 4.69) is 17.2 Å². The van der Waals surface area contributed by atoms with Gasteiger partial charge in [-0.3, -0.25) is 0 Å². The Morgan fingerprint density at radius 2 is 2.26 bits per heavy atom. The van der Waals surface area contributed by atoms with Crippen LogP contribution in [-0.2, 0) is 17.7 Å². The molecule has 1 unspecified atom stereocenters. The fraction of sp³-hybridized carbons (Fsp3) is 0.765. The Kier molecular flexibility index (Phi) is 6.41. The van der Waals surface area contributed by atoms with Crippen molar-refractivity contribution in [2.75, 3.05) is 13.1 Å². The molecule has 0 spiro atoms. The monoisotopic (exact) mass is 339 g/mol. The van der Waals surface area contributed by atoms with Crippen LogP contribution in [0.3, 0.4) is 0 Å². The van der Waals surface area contributed by atoms with Gasteiger partial charge in [-0.05, 0) is 46.5 Å². The van der Waals surface area contributed by atoms with Crippen LogP contribution in [0.2, 0.25) is 0 Å². The summed E-state index contributed by atoms with van der Waals surface area (Å²) in [6, 6.07) is 0.220. The van der Waals surface area contributed by atoms with Gasteiger partial charge in [-0.25, -0.2) is 9.78 Å². The molecule has 1 atom stereocenters. The largest absolute Gasteiger partial charge is 0.444 e. The quantitative estimate of drug-likeness (QED) is 0.891. The summed E-state index contributed by atoms with van der Waals surface area (Å²) >= 11 is 1.76. The van der Waals surface area contributed by atoms with Crippen LogP contribution in [0.1, 0.15) is 56.8 Å². The Bertz CT molecular complexity index is 510. The normalized spacial score (nSPS) is 19.0. The zero-order valence-electron chi connectivity index (χ0n) is 14.7. The van der Waals surface area contributed by atoms with Gasteiger partial charge in [-0.1, -0.05) is 6.92 Å². The van der Waals surface area contributed by atoms with Crippen molar-refractivity contribution in [1.82, 2.24) is 15.2 Å². The molecule has 1 aliphatic heterocycles. The minimum atomic E-state index is -0.439. The van der Waals surface area contributed by atoms with Crippen molar-refractivity contribution < 1.29 is 9.53 Å². The molecule has 23 heavy (non-hydrogen) atoms. The number of amides is 1. The van der Waals surface area contributed by atoms with Crippen LogP contribution in [0.5, 0.6) is 0 Å². The summed E-state index contributed by atoms with van der Waals surface area (Å²) in [5.41, 5.74) is -0.439. The van der Waals surface area contributed by atoms with Crippen LogP contribution in [-0.4, -0.2) is 40.7 Å². The lowest BCUT2D eigenvalue weighted by atomic mass is 10.0. The number of ether oxygens (including phenoxy) is 1. The average molecular weight is 340 g/mol. The van der Waals surface area contributed by atoms with Crippen LogP contribution >= 0.6 is 11.3 Å². The minimum Gasteiger partial charge on any atom is -0.444 e. The fourth-order valence-electron chi connectivity index (χ4n) is 2.73. The molecule has 1 aliphatic rings. The molecule has 1 saturated heterocycles. The van der Waals surface area contributed by atoms with Gasteiger partial charge < -0.3 is 15.0 Å². The molecule has 0 aromatic carbocycles. The summed E-state index contributed by atoms with van der Waals surface area (Å²) in [5, 5.41) is 4.65. The number of hydrogen-bond donors (Lipinski definition) is 1. The van der Waals surface area contributed by atoms with E-state index in [4.69, 9.17) is 4.74 Å². The molecule has 5 nitrogen and oxygen atoms in total. The highest BCUT2D eigenvalue weighted by molar-refractivity contribution is 7.11. The third-order valence-electron chi connectivity index (χ3n) is 3.84. The number of nitrogens with zero attached hydrogens (tertiary/aromatic N) is 2. The minimum absolute atomic E-state index is 0.185. The number of hydrogen-bond acceptors (Lipinski definition) is 5. The standard InChI is InChI=1S/C17H29N3O2S/c1-5-15-19-12-14(23-15)11-18-10-13-8-6-7-9-20(13)16(21)22-17(2,3)4/h12-13,18H,5-11H2,1-4H3. The first kappa shape index (κ1) is 18.2. The molecule has 2 rings (SSSR count). The van der Waals surface area contributed by atoms with Crippen LogP contribution in [0, 0.1) is 0 Å². The Morgan fingerprint density at radius 1 is 1.48 bits per heavy atom. The number of thiazole rings is 1. The predicted molar refractivity (Wildman–Crippen MR) is 93.8 cm³/mol. The van der Waals surface area contributed by atoms with Crippen molar-refractivity contribution in [2.24, 2.45) is 0 Å². The maximum Gasteiger partial charge on any atom is 0.410 e. The second-order valence-corrected chi connectivity index (χ2v) is 8.23. The Balaban J connectivity index is 1.84. The summed E-state index contributed by atoms with van der Waals surface area (Å²) in [6.07, 6.45) is 6.02. The SMILES string of the molecule is CCc1ncc(CNCC2CCCCN2C(=O)OC(C)(C)C)s1. The third-order valence-corrected chi connectivity index (χ3v) is 4.98. The summed E-state index contributed by atoms with van der Waals surface area (Å²) in [5.74, 6) is 0. The van der Waals surface area contributed by atoms with Crippen molar-refractivity contribution >= 4 is 17.4 Å². The maximum atomic E-state index is 12.4. The average Bonchev–Trinajstić information content (AvgIpc) is 2.94. The van der Waals surface area contributed by atoms with Crippen LogP contribution in [0.15, 0.2) is 6.20 Å². The number of piperidine rings is 1. The van der Waals surface area contributed by atoms with E-state index in [0.29, 0.717) is 0 Å². The topological polar surface area (TPSA) is 54.5 Å². The van der Waals surface area contributed by atoms with Gasteiger partial charge in [0.1, 0.15) is 5.60 Å². The molecule has 1 fully saturated rings. The van der Waals surface area contributed by atoms with Gasteiger partial charge in [0.25, 0.3) is 0 Å². The molecule has 0 radical (unpaired) electrons. The van der Waals surface area contributed by atoms with Crippen molar-refractivity contribution in [3.63, 3.8) is 0 Å². The molecule has 1 N–H and O–H groups in total. The number of carbonyl (C=O) groups is 1. The van der Waals surface area contributed by atoms with E-state index < -0.39 is 5.60 Å². The summed E-state index contributed by atoms with van der Waals surface area (Å²) in [6.45, 7) is 10.3. The smallest absolute Gasteiger partial charge is 0.410 e. The predicted octanol–water partition coefficient (Wildman–Crippen LogP) is 3.58. The first-order chi connectivity index (χ1) is 10.9. The molecule has 0 aliphatic carbocycles. The van der Waals surface area contributed by atoms with E-state index in [-0.39, 0.29) is 12.1 Å². The second-order valence-electron chi connectivity index (χ2n) is 7.03. The van der Waals surface area contributed by atoms with Crippen LogP contribution in [0.4, 0.5) is 4.79 Å². The molecule has 1 amide bonds. The molecule has 1 aromatic rings. The van der Waals surface area contributed by atoms with E-state index >= 15 is 0 Å². The Morgan fingerprint density at radius 3 is 2.91 bits per heavy atom. The molecule has 0 bridgehead atoms. The summed E-state index contributed by atoms with van der Waals surface area (Å²) in [7, 11) is 0. The lowest BCUT2D eigenvalue weighted by molar-refractivity contribution is 0.00994. The highest BCUT2D eigenvalue weighted by atomic mass is 32.1. The van der Waals surface area contributed by atoms with Gasteiger partial charge in [0.2, 0.25) is 0 Å². The van der Waals surface area contributed by atoms with Crippen LogP contribution in [0.25, 0.3) is 0 Å². The highest BCUT2D eigenvalue weighted by Crippen LogP contribution is 2.20. The molecule has 1 aromatic heterocycles. The lowest BCUT2D eigenvalue weighted by Crippen LogP contribution is -2.50. The Labute approximate surface area is 143 Å². The first-order valence-corrected chi connectivity index (χ1v) is 9.34. The van der Waals surface area contributed by atoms with Crippen LogP contribution < -0.4 is 5.32 Å². The van der Waals surface area contributed by atoms with Gasteiger partial charge in [0.05, 0.1) is 5.01 Å². The first-order valence-electron chi connectivity index (χ1n) is 8.53. The van der Waals surface area contributed by atoms with E-state index in [0.717, 1.165) is 38.9 Å². The molecule has 130 valence electrons. The molecule has 6 heteroatoms. The molecular formula is C17H29N3O2S. The van der Waals surface area contributed by atoms with E-state index in [9.17, 15) is 4.79 Å². The second kappa shape index (κ2) is 8.11. The number of likely N-dealkylation sites (tertiary alicyclic amines) is 1. The Hall–Kier alpha value is -1.14. The molecule has 2 heterocycles. The van der Waals surface area contributed by atoms with Crippen molar-refractivity contribution in [3.05, 3.63) is 16.1 Å². The maximum absolute atomic E-state index is 12.4. The van der Waals surface area contributed by atoms with Crippen molar-refractivity contribution in [1.29, 1.82) is 0 Å². The number of aromatic nitrogens is 1. The summed E-state index contributed by atoms with van der Waals surface area (Å²) in [4.78, 5) is 19.9. The van der Waals surface area contributed by atoms with Gasteiger partial charge in [0, 0.05) is 36.8 Å². The number of aryl methyl sites for hydroxylation is 1. The lowest BCUT2D eigenvalue weighted by Gasteiger charge is -2.36. The fourth-order valence-corrected chi connectivity index (χ4v) is 3.56. The number of rotatable bonds is 5. The van der Waals surface area contributed by atoms with E-state index in [1.54, 1.807) is 11.3 Å². The third kappa shape index (κ3) is 5.77. The van der Waals surface area contributed by atoms with Crippen molar-refractivity contribution in [3.8, 4) is 0 Å². The zero-order chi connectivity index (χ0) is 16.9. The van der Waals surface area contributed by atoms with Gasteiger partial charge >= 0.3 is 6.09 Å². The molecule has 0 saturated carbocycles. The van der Waals surface area contributed by atoms with E-state index in [1.807, 2.05) is 31.9 Å². The highest BCUT2D eigenvalue weighted by Gasteiger charge is 2.30. The van der Waals surface area contributed by atoms with E-state index in [1.165, 1.54) is 16.3 Å². The zero-order valence-corrected chi connectivity index (χ0v) is 15.5. The summed E-state index contributed by atoms with van der Waals surface area (Å²) < 4.78 is 5.54. The molecular weight excluding hydrogens is 310 g/mol. The van der Waals surface area contributed by atoms with Gasteiger partial charge in [-0.15, -0.1) is 11.3 Å².